The zero-order chi connectivity index (χ0) is 16.2. The van der Waals surface area contributed by atoms with Crippen LogP contribution in [0.15, 0.2) is 18.2 Å². The summed E-state index contributed by atoms with van der Waals surface area (Å²) in [6, 6.07) is 7.76. The second kappa shape index (κ2) is 6.67. The second-order valence-corrected chi connectivity index (χ2v) is 6.53. The lowest BCUT2D eigenvalue weighted by Gasteiger charge is -2.27. The molecule has 112 valence electrons. The van der Waals surface area contributed by atoms with Gasteiger partial charge < -0.3 is 4.79 Å². The number of ketones is 2. The van der Waals surface area contributed by atoms with Crippen molar-refractivity contribution >= 4 is 11.6 Å². The summed E-state index contributed by atoms with van der Waals surface area (Å²) in [6.45, 7) is 9.25. The summed E-state index contributed by atoms with van der Waals surface area (Å²) in [5.74, 6) is -0.323. The Balaban J connectivity index is 3.45. The number of carbonyl (C=O) groups excluding carboxylic acids is 2. The fourth-order valence-electron chi connectivity index (χ4n) is 2.59. The second-order valence-electron chi connectivity index (χ2n) is 6.53. The average molecular weight is 285 g/mol. The summed E-state index contributed by atoms with van der Waals surface area (Å²) >= 11 is 0. The monoisotopic (exact) mass is 285 g/mol. The first-order valence-electron chi connectivity index (χ1n) is 7.22. The molecule has 21 heavy (non-hydrogen) atoms. The number of nitrogens with zero attached hydrogens (tertiary/aromatic N) is 1. The molecule has 0 heterocycles. The maximum atomic E-state index is 12.1. The zero-order valence-corrected chi connectivity index (χ0v) is 13.5. The normalized spacial score (nSPS) is 12.6. The molecular formula is C18H23NO2. The highest BCUT2D eigenvalue weighted by molar-refractivity contribution is 5.86. The number of rotatable bonds is 5. The van der Waals surface area contributed by atoms with E-state index in [2.05, 4.69) is 26.8 Å². The number of nitriles is 1. The van der Waals surface area contributed by atoms with Crippen LogP contribution in [0.5, 0.6) is 0 Å². The van der Waals surface area contributed by atoms with Crippen LogP contribution in [0.3, 0.4) is 0 Å². The summed E-state index contributed by atoms with van der Waals surface area (Å²) in [5, 5.41) is 9.39. The van der Waals surface area contributed by atoms with Crippen LogP contribution in [0.2, 0.25) is 0 Å². The van der Waals surface area contributed by atoms with Crippen LogP contribution in [0.4, 0.5) is 0 Å². The fourth-order valence-corrected chi connectivity index (χ4v) is 2.59. The molecule has 0 radical (unpaired) electrons. The Morgan fingerprint density at radius 3 is 2.29 bits per heavy atom. The molecule has 0 aliphatic heterocycles. The van der Waals surface area contributed by atoms with Gasteiger partial charge in [-0.15, -0.1) is 0 Å². The minimum atomic E-state index is -0.390. The topological polar surface area (TPSA) is 57.9 Å². The van der Waals surface area contributed by atoms with Gasteiger partial charge in [-0.25, -0.2) is 0 Å². The number of hydrogen-bond acceptors (Lipinski definition) is 3. The molecule has 1 aromatic rings. The SMILES string of the molecule is CC(=O)CCC(C(C)=O)c1c(C#N)cccc1C(C)(C)C. The Morgan fingerprint density at radius 2 is 1.86 bits per heavy atom. The Labute approximate surface area is 127 Å². The van der Waals surface area contributed by atoms with E-state index in [4.69, 9.17) is 0 Å². The first-order valence-corrected chi connectivity index (χ1v) is 7.22. The quantitative estimate of drug-likeness (QED) is 0.824. The number of benzene rings is 1. The van der Waals surface area contributed by atoms with Gasteiger partial charge in [0.1, 0.15) is 11.6 Å². The molecule has 3 heteroatoms. The van der Waals surface area contributed by atoms with Crippen LogP contribution in [0, 0.1) is 11.3 Å². The summed E-state index contributed by atoms with van der Waals surface area (Å²) < 4.78 is 0. The van der Waals surface area contributed by atoms with Gasteiger partial charge in [0.15, 0.2) is 0 Å². The number of Topliss-reactive ketones (excluding diaryl/α,β-unsaturated/α-hetero) is 2. The van der Waals surface area contributed by atoms with E-state index in [0.717, 1.165) is 11.1 Å². The molecule has 1 rings (SSSR count). The molecule has 1 atom stereocenters. The van der Waals surface area contributed by atoms with Gasteiger partial charge >= 0.3 is 0 Å². The van der Waals surface area contributed by atoms with E-state index in [1.807, 2.05) is 12.1 Å². The van der Waals surface area contributed by atoms with Gasteiger partial charge in [0.2, 0.25) is 0 Å². The van der Waals surface area contributed by atoms with E-state index < -0.39 is 0 Å². The Hall–Kier alpha value is -1.95. The van der Waals surface area contributed by atoms with E-state index in [-0.39, 0.29) is 22.9 Å². The molecule has 0 saturated carbocycles. The molecule has 0 amide bonds. The largest absolute Gasteiger partial charge is 0.300 e. The summed E-state index contributed by atoms with van der Waals surface area (Å²) in [4.78, 5) is 23.3. The number of carbonyl (C=O) groups is 2. The third-order valence-corrected chi connectivity index (χ3v) is 3.66. The molecule has 0 aromatic heterocycles. The van der Waals surface area contributed by atoms with Gasteiger partial charge in [0.25, 0.3) is 0 Å². The molecule has 0 aliphatic carbocycles. The molecule has 0 bridgehead atoms. The summed E-state index contributed by atoms with van der Waals surface area (Å²) in [6.07, 6.45) is 0.819. The standard InChI is InChI=1S/C18H23NO2/c1-12(20)9-10-15(13(2)21)17-14(11-19)7-6-8-16(17)18(3,4)5/h6-8,15H,9-10H2,1-5H3. The van der Waals surface area contributed by atoms with Crippen molar-refractivity contribution in [3.8, 4) is 6.07 Å². The lowest BCUT2D eigenvalue weighted by Crippen LogP contribution is -2.21. The summed E-state index contributed by atoms with van der Waals surface area (Å²) in [5.41, 5.74) is 2.17. The van der Waals surface area contributed by atoms with Crippen molar-refractivity contribution < 1.29 is 9.59 Å². The Morgan fingerprint density at radius 1 is 1.24 bits per heavy atom. The third kappa shape index (κ3) is 4.26. The Bertz CT molecular complexity index is 588. The third-order valence-electron chi connectivity index (χ3n) is 3.66. The van der Waals surface area contributed by atoms with Gasteiger partial charge in [-0.05, 0) is 42.9 Å². The maximum Gasteiger partial charge on any atom is 0.137 e. The van der Waals surface area contributed by atoms with Gasteiger partial charge in [-0.1, -0.05) is 32.9 Å². The van der Waals surface area contributed by atoms with Crippen LogP contribution in [-0.4, -0.2) is 11.6 Å². The minimum Gasteiger partial charge on any atom is -0.300 e. The van der Waals surface area contributed by atoms with Crippen LogP contribution < -0.4 is 0 Å². The molecule has 0 saturated heterocycles. The van der Waals surface area contributed by atoms with Crippen molar-refractivity contribution in [2.75, 3.05) is 0 Å². The molecule has 0 spiro atoms. The first kappa shape index (κ1) is 17.1. The fraction of sp³-hybridized carbons (Fsp3) is 0.500. The highest BCUT2D eigenvalue weighted by atomic mass is 16.1. The lowest BCUT2D eigenvalue weighted by atomic mass is 9.76. The van der Waals surface area contributed by atoms with Crippen molar-refractivity contribution in [1.82, 2.24) is 0 Å². The van der Waals surface area contributed by atoms with Crippen LogP contribution >= 0.6 is 0 Å². The molecule has 0 fully saturated rings. The highest BCUT2D eigenvalue weighted by Gasteiger charge is 2.28. The van der Waals surface area contributed by atoms with E-state index in [0.29, 0.717) is 18.4 Å². The smallest absolute Gasteiger partial charge is 0.137 e. The highest BCUT2D eigenvalue weighted by Crippen LogP contribution is 2.35. The van der Waals surface area contributed by atoms with Gasteiger partial charge in [0, 0.05) is 12.3 Å². The van der Waals surface area contributed by atoms with E-state index in [1.54, 1.807) is 6.07 Å². The van der Waals surface area contributed by atoms with Crippen molar-refractivity contribution in [3.05, 3.63) is 34.9 Å². The van der Waals surface area contributed by atoms with Gasteiger partial charge in [-0.2, -0.15) is 5.26 Å². The molecule has 0 N–H and O–H groups in total. The average Bonchev–Trinajstić information content (AvgIpc) is 2.36. The maximum absolute atomic E-state index is 12.1. The predicted molar refractivity (Wildman–Crippen MR) is 83.2 cm³/mol. The number of hydrogen-bond donors (Lipinski definition) is 0. The predicted octanol–water partition coefficient (Wildman–Crippen LogP) is 3.90. The first-order chi connectivity index (χ1) is 9.68. The molecule has 1 unspecified atom stereocenters. The molecule has 0 aliphatic rings. The van der Waals surface area contributed by atoms with Crippen LogP contribution in [-0.2, 0) is 15.0 Å². The van der Waals surface area contributed by atoms with Crippen molar-refractivity contribution in [3.63, 3.8) is 0 Å². The van der Waals surface area contributed by atoms with E-state index in [9.17, 15) is 14.9 Å². The van der Waals surface area contributed by atoms with Crippen LogP contribution in [0.25, 0.3) is 0 Å². The van der Waals surface area contributed by atoms with E-state index in [1.165, 1.54) is 13.8 Å². The van der Waals surface area contributed by atoms with Crippen LogP contribution in [0.1, 0.15) is 70.1 Å². The van der Waals surface area contributed by atoms with Gasteiger partial charge in [0.05, 0.1) is 11.6 Å². The van der Waals surface area contributed by atoms with E-state index >= 15 is 0 Å². The molecular weight excluding hydrogens is 262 g/mol. The lowest BCUT2D eigenvalue weighted by molar-refractivity contribution is -0.119. The summed E-state index contributed by atoms with van der Waals surface area (Å²) in [7, 11) is 0. The minimum absolute atomic E-state index is 0.00412. The van der Waals surface area contributed by atoms with Crippen molar-refractivity contribution in [2.24, 2.45) is 0 Å². The zero-order valence-electron chi connectivity index (χ0n) is 13.5. The Kier molecular flexibility index (Phi) is 5.43. The van der Waals surface area contributed by atoms with Crippen molar-refractivity contribution in [1.29, 1.82) is 5.26 Å². The molecule has 3 nitrogen and oxygen atoms in total. The molecule has 1 aromatic carbocycles. The van der Waals surface area contributed by atoms with Crippen molar-refractivity contribution in [2.45, 2.75) is 58.8 Å². The van der Waals surface area contributed by atoms with Gasteiger partial charge in [-0.3, -0.25) is 4.79 Å².